The van der Waals surface area contributed by atoms with E-state index < -0.39 is 0 Å². The highest BCUT2D eigenvalue weighted by Gasteiger charge is 2.18. The molecule has 7 heteroatoms. The number of halogens is 1. The van der Waals surface area contributed by atoms with Crippen molar-refractivity contribution in [2.75, 3.05) is 30.5 Å². The molecule has 1 unspecified atom stereocenters. The van der Waals surface area contributed by atoms with Crippen LogP contribution in [0.25, 0.3) is 0 Å². The lowest BCUT2D eigenvalue weighted by Gasteiger charge is -2.28. The maximum Gasteiger partial charge on any atom is 0.239 e. The summed E-state index contributed by atoms with van der Waals surface area (Å²) in [5.74, 6) is 6.54. The standard InChI is InChI=1S/C11H18BrN5O/c1-17(7-8-4-2-3-5-18-8)10-9(12)6-14-11(15-10)16-13/h6,8H,2-5,7,13H2,1H3,(H,14,15,16). The molecule has 0 saturated carbocycles. The predicted octanol–water partition coefficient (Wildman–Crippen LogP) is 1.53. The molecule has 0 aromatic carbocycles. The smallest absolute Gasteiger partial charge is 0.239 e. The minimum atomic E-state index is 0.278. The third-order valence-corrected chi connectivity index (χ3v) is 3.53. The molecule has 3 N–H and O–H groups in total. The molecular formula is C11H18BrN5O. The van der Waals surface area contributed by atoms with Crippen LogP contribution in [0.3, 0.4) is 0 Å². The van der Waals surface area contributed by atoms with Gasteiger partial charge < -0.3 is 9.64 Å². The molecule has 1 aromatic rings. The fraction of sp³-hybridized carbons (Fsp3) is 0.636. The van der Waals surface area contributed by atoms with E-state index in [0.717, 1.165) is 29.9 Å². The van der Waals surface area contributed by atoms with Gasteiger partial charge in [-0.3, -0.25) is 5.43 Å². The quantitative estimate of drug-likeness (QED) is 0.648. The van der Waals surface area contributed by atoms with Gasteiger partial charge >= 0.3 is 0 Å². The summed E-state index contributed by atoms with van der Waals surface area (Å²) in [6.07, 6.45) is 5.47. The maximum atomic E-state index is 5.73. The number of aromatic nitrogens is 2. The fourth-order valence-corrected chi connectivity index (χ4v) is 2.53. The molecule has 2 rings (SSSR count). The Morgan fingerprint density at radius 1 is 1.61 bits per heavy atom. The second kappa shape index (κ2) is 6.31. The molecule has 1 aliphatic heterocycles. The van der Waals surface area contributed by atoms with Crippen LogP contribution in [-0.2, 0) is 4.74 Å². The molecule has 0 bridgehead atoms. The number of rotatable bonds is 4. The molecule has 1 fully saturated rings. The number of anilines is 2. The number of nitrogens with one attached hydrogen (secondary N) is 1. The summed E-state index contributed by atoms with van der Waals surface area (Å²) < 4.78 is 6.57. The molecule has 1 atom stereocenters. The van der Waals surface area contributed by atoms with E-state index in [0.29, 0.717) is 5.95 Å². The van der Waals surface area contributed by atoms with Crippen LogP contribution in [0, 0.1) is 0 Å². The third-order valence-electron chi connectivity index (χ3n) is 2.97. The van der Waals surface area contributed by atoms with E-state index in [4.69, 9.17) is 10.6 Å². The van der Waals surface area contributed by atoms with Crippen molar-refractivity contribution in [3.63, 3.8) is 0 Å². The van der Waals surface area contributed by atoms with Crippen LogP contribution in [-0.4, -0.2) is 36.3 Å². The highest BCUT2D eigenvalue weighted by Crippen LogP contribution is 2.24. The molecular weight excluding hydrogens is 298 g/mol. The Labute approximate surface area is 115 Å². The van der Waals surface area contributed by atoms with E-state index >= 15 is 0 Å². The maximum absolute atomic E-state index is 5.73. The van der Waals surface area contributed by atoms with Crippen LogP contribution < -0.4 is 16.2 Å². The van der Waals surface area contributed by atoms with Gasteiger partial charge in [-0.05, 0) is 35.2 Å². The van der Waals surface area contributed by atoms with Crippen molar-refractivity contribution < 1.29 is 4.74 Å². The number of hydrogen-bond acceptors (Lipinski definition) is 6. The van der Waals surface area contributed by atoms with Crippen LogP contribution in [0.5, 0.6) is 0 Å². The summed E-state index contributed by atoms with van der Waals surface area (Å²) >= 11 is 3.45. The minimum absolute atomic E-state index is 0.278. The van der Waals surface area contributed by atoms with Crippen LogP contribution in [0.2, 0.25) is 0 Å². The van der Waals surface area contributed by atoms with Gasteiger partial charge in [-0.25, -0.2) is 10.8 Å². The number of hydrogen-bond donors (Lipinski definition) is 2. The summed E-state index contributed by atoms with van der Waals surface area (Å²) in [6, 6.07) is 0. The zero-order valence-corrected chi connectivity index (χ0v) is 12.0. The Bertz CT molecular complexity index is 397. The van der Waals surface area contributed by atoms with E-state index in [1.165, 1.54) is 12.8 Å². The fourth-order valence-electron chi connectivity index (χ4n) is 2.04. The molecule has 100 valence electrons. The van der Waals surface area contributed by atoms with Gasteiger partial charge in [-0.15, -0.1) is 0 Å². The lowest BCUT2D eigenvalue weighted by molar-refractivity contribution is 0.0215. The van der Waals surface area contributed by atoms with Crippen molar-refractivity contribution in [1.29, 1.82) is 0 Å². The molecule has 0 spiro atoms. The summed E-state index contributed by atoms with van der Waals surface area (Å²) in [6.45, 7) is 1.68. The van der Waals surface area contributed by atoms with E-state index in [-0.39, 0.29) is 6.10 Å². The first-order chi connectivity index (χ1) is 8.70. The van der Waals surface area contributed by atoms with Crippen molar-refractivity contribution in [2.24, 2.45) is 5.84 Å². The van der Waals surface area contributed by atoms with Crippen molar-refractivity contribution in [2.45, 2.75) is 25.4 Å². The van der Waals surface area contributed by atoms with Crippen molar-refractivity contribution >= 4 is 27.7 Å². The highest BCUT2D eigenvalue weighted by molar-refractivity contribution is 9.10. The van der Waals surface area contributed by atoms with Gasteiger partial charge in [0.05, 0.1) is 10.6 Å². The van der Waals surface area contributed by atoms with Gasteiger partial charge in [-0.1, -0.05) is 0 Å². The summed E-state index contributed by atoms with van der Waals surface area (Å²) in [4.78, 5) is 10.4. The van der Waals surface area contributed by atoms with Gasteiger partial charge in [0.15, 0.2) is 0 Å². The van der Waals surface area contributed by atoms with Gasteiger partial charge in [-0.2, -0.15) is 4.98 Å². The van der Waals surface area contributed by atoms with Crippen LogP contribution in [0.15, 0.2) is 10.7 Å². The lowest BCUT2D eigenvalue weighted by Crippen LogP contribution is -2.34. The molecule has 2 heterocycles. The van der Waals surface area contributed by atoms with Gasteiger partial charge in [0.1, 0.15) is 5.82 Å². The second-order valence-electron chi connectivity index (χ2n) is 4.38. The molecule has 1 aliphatic rings. The first-order valence-corrected chi connectivity index (χ1v) is 6.82. The number of hydrazine groups is 1. The number of ether oxygens (including phenoxy) is 1. The summed E-state index contributed by atoms with van der Waals surface area (Å²) in [5, 5.41) is 0. The number of nitrogen functional groups attached to an aromatic ring is 1. The third kappa shape index (κ3) is 3.30. The van der Waals surface area contributed by atoms with Gasteiger partial charge in [0.25, 0.3) is 0 Å². The Hall–Kier alpha value is -0.920. The molecule has 18 heavy (non-hydrogen) atoms. The summed E-state index contributed by atoms with van der Waals surface area (Å²) in [7, 11) is 1.99. The average molecular weight is 316 g/mol. The molecule has 1 saturated heterocycles. The van der Waals surface area contributed by atoms with E-state index in [1.54, 1.807) is 6.20 Å². The van der Waals surface area contributed by atoms with Crippen LogP contribution in [0.4, 0.5) is 11.8 Å². The molecule has 0 amide bonds. The second-order valence-corrected chi connectivity index (χ2v) is 5.23. The zero-order chi connectivity index (χ0) is 13.0. The van der Waals surface area contributed by atoms with Crippen molar-refractivity contribution in [3.05, 3.63) is 10.7 Å². The number of likely N-dealkylation sites (N-methyl/N-ethyl adjacent to an activating group) is 1. The number of nitrogens with zero attached hydrogens (tertiary/aromatic N) is 3. The Morgan fingerprint density at radius 2 is 2.44 bits per heavy atom. The first-order valence-electron chi connectivity index (χ1n) is 6.02. The van der Waals surface area contributed by atoms with E-state index in [9.17, 15) is 0 Å². The Balaban J connectivity index is 2.04. The number of nitrogens with two attached hydrogens (primary N) is 1. The van der Waals surface area contributed by atoms with Crippen molar-refractivity contribution in [1.82, 2.24) is 9.97 Å². The first kappa shape index (κ1) is 13.5. The predicted molar refractivity (Wildman–Crippen MR) is 74.4 cm³/mol. The van der Waals surface area contributed by atoms with E-state index in [2.05, 4.69) is 36.2 Å². The van der Waals surface area contributed by atoms with Crippen LogP contribution >= 0.6 is 15.9 Å². The van der Waals surface area contributed by atoms with Gasteiger partial charge in [0.2, 0.25) is 5.95 Å². The SMILES string of the molecule is CN(CC1CCCCO1)c1nc(NN)ncc1Br. The molecule has 1 aromatic heterocycles. The molecule has 0 radical (unpaired) electrons. The lowest BCUT2D eigenvalue weighted by atomic mass is 10.1. The normalized spacial score (nSPS) is 19.6. The van der Waals surface area contributed by atoms with Crippen molar-refractivity contribution in [3.8, 4) is 0 Å². The largest absolute Gasteiger partial charge is 0.376 e. The van der Waals surface area contributed by atoms with Gasteiger partial charge in [0, 0.05) is 26.4 Å². The molecule has 0 aliphatic carbocycles. The van der Waals surface area contributed by atoms with E-state index in [1.807, 2.05) is 7.05 Å². The average Bonchev–Trinajstić information content (AvgIpc) is 2.40. The Kier molecular flexibility index (Phi) is 4.73. The highest BCUT2D eigenvalue weighted by atomic mass is 79.9. The Morgan fingerprint density at radius 3 is 3.11 bits per heavy atom. The summed E-state index contributed by atoms with van der Waals surface area (Å²) in [5.41, 5.74) is 2.45. The van der Waals surface area contributed by atoms with Crippen LogP contribution in [0.1, 0.15) is 19.3 Å². The minimum Gasteiger partial charge on any atom is -0.376 e. The monoisotopic (exact) mass is 315 g/mol. The topological polar surface area (TPSA) is 76.3 Å². The zero-order valence-electron chi connectivity index (χ0n) is 10.4. The molecule has 6 nitrogen and oxygen atoms in total.